The van der Waals surface area contributed by atoms with Crippen molar-refractivity contribution in [3.05, 3.63) is 0 Å². The molecule has 1 aliphatic rings. The van der Waals surface area contributed by atoms with Gasteiger partial charge in [-0.3, -0.25) is 0 Å². The maximum atomic E-state index is 9.91. The Hall–Kier alpha value is -0.160. The molecule has 4 heteroatoms. The minimum atomic E-state index is -0.847. The molecular formula is C12H24O4. The number of hydrogen-bond donors (Lipinski definition) is 2. The van der Waals surface area contributed by atoms with Gasteiger partial charge in [0.25, 0.3) is 0 Å². The van der Waals surface area contributed by atoms with Crippen LogP contribution in [-0.4, -0.2) is 46.8 Å². The highest BCUT2D eigenvalue weighted by atomic mass is 16.5. The van der Waals surface area contributed by atoms with E-state index in [0.29, 0.717) is 0 Å². The summed E-state index contributed by atoms with van der Waals surface area (Å²) in [7, 11) is 0. The van der Waals surface area contributed by atoms with Crippen molar-refractivity contribution in [3.8, 4) is 0 Å². The maximum absolute atomic E-state index is 9.91. The molecule has 0 bridgehead atoms. The van der Waals surface area contributed by atoms with Crippen molar-refractivity contribution >= 4 is 0 Å². The fourth-order valence-corrected chi connectivity index (χ4v) is 2.11. The van der Waals surface area contributed by atoms with Gasteiger partial charge in [0.2, 0.25) is 0 Å². The Kier molecular flexibility index (Phi) is 5.18. The summed E-state index contributed by atoms with van der Waals surface area (Å²) in [5.41, 5.74) is 0. The summed E-state index contributed by atoms with van der Waals surface area (Å²) in [6, 6.07) is 0. The van der Waals surface area contributed by atoms with Crippen molar-refractivity contribution in [1.82, 2.24) is 0 Å². The van der Waals surface area contributed by atoms with Crippen LogP contribution in [0.2, 0.25) is 0 Å². The van der Waals surface area contributed by atoms with Gasteiger partial charge in [-0.2, -0.15) is 0 Å². The molecule has 0 spiro atoms. The zero-order chi connectivity index (χ0) is 12.3. The molecule has 2 N–H and O–H groups in total. The van der Waals surface area contributed by atoms with Crippen LogP contribution in [0.25, 0.3) is 0 Å². The van der Waals surface area contributed by atoms with E-state index in [1.165, 1.54) is 0 Å². The van der Waals surface area contributed by atoms with Crippen LogP contribution in [0, 0.1) is 0 Å². The average Bonchev–Trinajstić information content (AvgIpc) is 2.16. The number of rotatable bonds is 4. The standard InChI is InChI=1S/C12H24O4/c1-7(2)15-9-5-6-10(16-8(3)4)12(14)11(9)13/h7-14H,5-6H2,1-4H3/t9-,10-,11+,12?/m1/s1. The van der Waals surface area contributed by atoms with Gasteiger partial charge in [0.15, 0.2) is 0 Å². The van der Waals surface area contributed by atoms with Crippen molar-refractivity contribution < 1.29 is 19.7 Å². The molecule has 16 heavy (non-hydrogen) atoms. The van der Waals surface area contributed by atoms with Crippen LogP contribution in [-0.2, 0) is 9.47 Å². The van der Waals surface area contributed by atoms with Crippen molar-refractivity contribution in [3.63, 3.8) is 0 Å². The highest BCUT2D eigenvalue weighted by Gasteiger charge is 2.39. The zero-order valence-corrected chi connectivity index (χ0v) is 10.6. The lowest BCUT2D eigenvalue weighted by Crippen LogP contribution is -2.52. The van der Waals surface area contributed by atoms with Crippen molar-refractivity contribution in [2.45, 2.75) is 77.2 Å². The summed E-state index contributed by atoms with van der Waals surface area (Å²) in [5.74, 6) is 0. The normalized spacial score (nSPS) is 36.0. The number of hydrogen-bond acceptors (Lipinski definition) is 4. The Morgan fingerprint density at radius 1 is 0.812 bits per heavy atom. The first-order valence-electron chi connectivity index (χ1n) is 6.09. The van der Waals surface area contributed by atoms with Gasteiger partial charge in [0, 0.05) is 0 Å². The summed E-state index contributed by atoms with van der Waals surface area (Å²) < 4.78 is 11.1. The third-order valence-corrected chi connectivity index (χ3v) is 2.74. The molecule has 0 aliphatic heterocycles. The molecule has 1 saturated carbocycles. The molecule has 4 atom stereocenters. The smallest absolute Gasteiger partial charge is 0.109 e. The number of aliphatic hydroxyl groups is 2. The second kappa shape index (κ2) is 5.96. The zero-order valence-electron chi connectivity index (χ0n) is 10.6. The molecule has 1 aliphatic carbocycles. The first-order chi connectivity index (χ1) is 7.41. The van der Waals surface area contributed by atoms with Crippen LogP contribution in [0.3, 0.4) is 0 Å². The Morgan fingerprint density at radius 3 is 1.38 bits per heavy atom. The molecule has 0 aromatic carbocycles. The first kappa shape index (κ1) is 13.9. The van der Waals surface area contributed by atoms with Gasteiger partial charge in [-0.15, -0.1) is 0 Å². The highest BCUT2D eigenvalue weighted by Crippen LogP contribution is 2.26. The van der Waals surface area contributed by atoms with Gasteiger partial charge < -0.3 is 19.7 Å². The van der Waals surface area contributed by atoms with Crippen LogP contribution >= 0.6 is 0 Å². The van der Waals surface area contributed by atoms with Gasteiger partial charge in [0.05, 0.1) is 24.4 Å². The average molecular weight is 232 g/mol. The Balaban J connectivity index is 2.50. The van der Waals surface area contributed by atoms with Crippen molar-refractivity contribution in [1.29, 1.82) is 0 Å². The Labute approximate surface area is 97.6 Å². The van der Waals surface area contributed by atoms with E-state index in [1.54, 1.807) is 0 Å². The summed E-state index contributed by atoms with van der Waals surface area (Å²) >= 11 is 0. The van der Waals surface area contributed by atoms with Crippen LogP contribution in [0.1, 0.15) is 40.5 Å². The van der Waals surface area contributed by atoms with Gasteiger partial charge in [-0.1, -0.05) is 0 Å². The largest absolute Gasteiger partial charge is 0.388 e. The monoisotopic (exact) mass is 232 g/mol. The number of aliphatic hydroxyl groups excluding tert-OH is 2. The molecule has 96 valence electrons. The fourth-order valence-electron chi connectivity index (χ4n) is 2.11. The summed E-state index contributed by atoms with van der Waals surface area (Å²) in [6.07, 6.45) is -0.658. The first-order valence-corrected chi connectivity index (χ1v) is 6.09. The minimum absolute atomic E-state index is 0.0643. The van der Waals surface area contributed by atoms with Crippen molar-refractivity contribution in [2.24, 2.45) is 0 Å². The van der Waals surface area contributed by atoms with Gasteiger partial charge >= 0.3 is 0 Å². The lowest BCUT2D eigenvalue weighted by Gasteiger charge is -2.38. The van der Waals surface area contributed by atoms with Gasteiger partial charge in [0.1, 0.15) is 12.2 Å². The third kappa shape index (κ3) is 3.70. The highest BCUT2D eigenvalue weighted by molar-refractivity contribution is 4.89. The lowest BCUT2D eigenvalue weighted by molar-refractivity contribution is -0.183. The SMILES string of the molecule is CC(C)O[C@@H]1CC[C@@H](OC(C)C)[C@H](O)C1O. The third-order valence-electron chi connectivity index (χ3n) is 2.74. The summed E-state index contributed by atoms with van der Waals surface area (Å²) in [5, 5.41) is 19.8. The topological polar surface area (TPSA) is 58.9 Å². The van der Waals surface area contributed by atoms with Crippen LogP contribution in [0.4, 0.5) is 0 Å². The molecule has 0 heterocycles. The predicted octanol–water partition coefficient (Wildman–Crippen LogP) is 1.09. The van der Waals surface area contributed by atoms with E-state index in [-0.39, 0.29) is 24.4 Å². The van der Waals surface area contributed by atoms with Crippen LogP contribution < -0.4 is 0 Å². The van der Waals surface area contributed by atoms with E-state index in [9.17, 15) is 10.2 Å². The van der Waals surface area contributed by atoms with Gasteiger partial charge in [-0.25, -0.2) is 0 Å². The Morgan fingerprint density at radius 2 is 1.12 bits per heavy atom. The molecule has 0 radical (unpaired) electrons. The Bertz CT molecular complexity index is 183. The van der Waals surface area contributed by atoms with E-state index in [2.05, 4.69) is 0 Å². The van der Waals surface area contributed by atoms with E-state index < -0.39 is 12.2 Å². The summed E-state index contributed by atoms with van der Waals surface area (Å²) in [6.45, 7) is 7.71. The molecular weight excluding hydrogens is 208 g/mol. The molecule has 4 nitrogen and oxygen atoms in total. The quantitative estimate of drug-likeness (QED) is 0.761. The summed E-state index contributed by atoms with van der Waals surface area (Å²) in [4.78, 5) is 0. The van der Waals surface area contributed by atoms with E-state index in [0.717, 1.165) is 12.8 Å². The van der Waals surface area contributed by atoms with Gasteiger partial charge in [-0.05, 0) is 40.5 Å². The molecule has 0 aromatic heterocycles. The second-order valence-electron chi connectivity index (χ2n) is 5.01. The molecule has 1 fully saturated rings. The second-order valence-corrected chi connectivity index (χ2v) is 5.01. The van der Waals surface area contributed by atoms with E-state index in [1.807, 2.05) is 27.7 Å². The van der Waals surface area contributed by atoms with Crippen molar-refractivity contribution in [2.75, 3.05) is 0 Å². The predicted molar refractivity (Wildman–Crippen MR) is 61.3 cm³/mol. The van der Waals surface area contributed by atoms with E-state index >= 15 is 0 Å². The lowest BCUT2D eigenvalue weighted by atomic mass is 9.89. The fraction of sp³-hybridized carbons (Fsp3) is 1.00. The number of ether oxygens (including phenoxy) is 2. The molecule has 1 unspecified atom stereocenters. The molecule has 0 amide bonds. The molecule has 0 saturated heterocycles. The van der Waals surface area contributed by atoms with Crippen LogP contribution in [0.15, 0.2) is 0 Å². The molecule has 0 aromatic rings. The van der Waals surface area contributed by atoms with Crippen LogP contribution in [0.5, 0.6) is 0 Å². The molecule has 1 rings (SSSR count). The minimum Gasteiger partial charge on any atom is -0.388 e. The van der Waals surface area contributed by atoms with E-state index in [4.69, 9.17) is 9.47 Å². The maximum Gasteiger partial charge on any atom is 0.109 e.